The van der Waals surface area contributed by atoms with Gasteiger partial charge in [-0.05, 0) is 54.5 Å². The molecule has 1 aliphatic carbocycles. The number of ketones is 2. The van der Waals surface area contributed by atoms with Crippen molar-refractivity contribution in [3.63, 3.8) is 0 Å². The summed E-state index contributed by atoms with van der Waals surface area (Å²) < 4.78 is 28.3. The van der Waals surface area contributed by atoms with Crippen molar-refractivity contribution in [3.05, 3.63) is 71.6 Å². The van der Waals surface area contributed by atoms with Crippen molar-refractivity contribution in [1.82, 2.24) is 9.29 Å². The number of hydrogen-bond donors (Lipinski definition) is 3. The van der Waals surface area contributed by atoms with E-state index in [1.54, 1.807) is 31.2 Å². The van der Waals surface area contributed by atoms with E-state index in [0.717, 1.165) is 3.97 Å². The molecule has 0 spiro atoms. The molecule has 1 heterocycles. The molecule has 0 radical (unpaired) electrons. The largest absolute Gasteiger partial charge is 0.399 e. The highest BCUT2D eigenvalue weighted by Crippen LogP contribution is 2.39. The smallest absolute Gasteiger partial charge is 0.268 e. The Morgan fingerprint density at radius 1 is 0.941 bits per heavy atom. The van der Waals surface area contributed by atoms with Gasteiger partial charge in [0, 0.05) is 42.2 Å². The number of allylic oxidation sites excluding steroid dienone is 1. The number of hydrogen-bond acceptors (Lipinski definition) is 7. The van der Waals surface area contributed by atoms with Gasteiger partial charge in [0.05, 0.1) is 16.2 Å². The van der Waals surface area contributed by atoms with E-state index < -0.39 is 27.5 Å². The predicted octanol–water partition coefficient (Wildman–Crippen LogP) is 2.23. The average molecular weight is 479 g/mol. The minimum Gasteiger partial charge on any atom is -0.399 e. The molecule has 3 aromatic rings. The lowest BCUT2D eigenvalue weighted by Gasteiger charge is -2.20. The lowest BCUT2D eigenvalue weighted by atomic mass is 9.86. The van der Waals surface area contributed by atoms with Crippen LogP contribution in [-0.4, -0.2) is 36.4 Å². The fourth-order valence-corrected chi connectivity index (χ4v) is 5.30. The third-order valence-corrected chi connectivity index (χ3v) is 7.33. The Morgan fingerprint density at radius 3 is 2.06 bits per heavy atom. The Labute approximate surface area is 196 Å². The summed E-state index contributed by atoms with van der Waals surface area (Å²) in [7, 11) is -4.17. The monoisotopic (exact) mass is 478 g/mol. The van der Waals surface area contributed by atoms with Crippen molar-refractivity contribution in [3.8, 4) is 11.1 Å². The summed E-state index contributed by atoms with van der Waals surface area (Å²) in [6.45, 7) is 2.64. The molecule has 0 aliphatic heterocycles. The van der Waals surface area contributed by atoms with Crippen LogP contribution in [0.1, 0.15) is 29.9 Å². The normalized spacial score (nSPS) is 13.7. The number of nitrogen functional groups attached to an aromatic ring is 2. The second-order valence-electron chi connectivity index (χ2n) is 7.93. The Hall–Kier alpha value is -4.18. The number of nitrogens with one attached hydrogen (secondary N) is 1. The van der Waals surface area contributed by atoms with Gasteiger partial charge in [-0.2, -0.15) is 0 Å². The number of nitrogens with two attached hydrogens (primary N) is 2. The summed E-state index contributed by atoms with van der Waals surface area (Å²) in [5, 5.41) is 2.51. The molecule has 174 valence electrons. The van der Waals surface area contributed by atoms with Gasteiger partial charge in [0.25, 0.3) is 10.0 Å². The summed E-state index contributed by atoms with van der Waals surface area (Å²) in [5.41, 5.74) is 13.6. The van der Waals surface area contributed by atoms with Crippen LogP contribution in [0.25, 0.3) is 16.7 Å². The van der Waals surface area contributed by atoms with E-state index in [4.69, 9.17) is 11.5 Å². The second kappa shape index (κ2) is 8.31. The molecule has 34 heavy (non-hydrogen) atoms. The first-order valence-electron chi connectivity index (χ1n) is 10.3. The maximum Gasteiger partial charge on any atom is 0.268 e. The molecule has 1 aromatic heterocycles. The maximum atomic E-state index is 13.6. The number of carbonyl (C=O) groups is 3. The molecule has 9 nitrogen and oxygen atoms in total. The number of anilines is 2. The first kappa shape index (κ1) is 23.0. The molecule has 0 atom stereocenters. The fraction of sp³-hybridized carbons (Fsp3) is 0.125. The van der Waals surface area contributed by atoms with E-state index in [9.17, 15) is 22.8 Å². The zero-order valence-corrected chi connectivity index (χ0v) is 19.3. The highest BCUT2D eigenvalue weighted by molar-refractivity contribution is 7.90. The van der Waals surface area contributed by atoms with Gasteiger partial charge in [0.1, 0.15) is 0 Å². The summed E-state index contributed by atoms with van der Waals surface area (Å²) in [4.78, 5) is 37.6. The third kappa shape index (κ3) is 3.77. The van der Waals surface area contributed by atoms with Crippen LogP contribution in [0.15, 0.2) is 65.2 Å². The summed E-state index contributed by atoms with van der Waals surface area (Å²) >= 11 is 0. The lowest BCUT2D eigenvalue weighted by Crippen LogP contribution is -2.32. The van der Waals surface area contributed by atoms with Gasteiger partial charge in [-0.15, -0.1) is 0 Å². The van der Waals surface area contributed by atoms with Crippen molar-refractivity contribution in [2.75, 3.05) is 18.0 Å². The van der Waals surface area contributed by atoms with Crippen LogP contribution in [-0.2, 0) is 19.6 Å². The van der Waals surface area contributed by atoms with Crippen molar-refractivity contribution in [2.45, 2.75) is 18.7 Å². The number of fused-ring (bicyclic) bond motifs is 1. The number of benzene rings is 2. The van der Waals surface area contributed by atoms with Crippen molar-refractivity contribution < 1.29 is 22.8 Å². The first-order chi connectivity index (χ1) is 16.0. The van der Waals surface area contributed by atoms with E-state index in [1.807, 2.05) is 0 Å². The molecule has 2 aromatic carbocycles. The van der Waals surface area contributed by atoms with Gasteiger partial charge >= 0.3 is 0 Å². The number of carbonyl (C=O) groups excluding carboxylic acids is 3. The molecule has 1 aliphatic rings. The van der Waals surface area contributed by atoms with E-state index in [-0.39, 0.29) is 39.4 Å². The van der Waals surface area contributed by atoms with Crippen LogP contribution in [0.5, 0.6) is 0 Å². The molecule has 0 bridgehead atoms. The first-order valence-corrected chi connectivity index (χ1v) is 11.7. The molecule has 0 unspecified atom stereocenters. The van der Waals surface area contributed by atoms with Gasteiger partial charge in [-0.3, -0.25) is 14.4 Å². The Balaban J connectivity index is 2.03. The molecule has 5 N–H and O–H groups in total. The maximum absolute atomic E-state index is 13.6. The van der Waals surface area contributed by atoms with Crippen molar-refractivity contribution in [1.29, 1.82) is 0 Å². The minimum atomic E-state index is -4.17. The van der Waals surface area contributed by atoms with Crippen molar-refractivity contribution >= 4 is 44.4 Å². The van der Waals surface area contributed by atoms with E-state index >= 15 is 0 Å². The molecule has 0 saturated carbocycles. The molecule has 0 saturated heterocycles. The van der Waals surface area contributed by atoms with Crippen LogP contribution < -0.4 is 16.8 Å². The van der Waals surface area contributed by atoms with Crippen LogP contribution in [0.2, 0.25) is 0 Å². The van der Waals surface area contributed by atoms with Crippen molar-refractivity contribution in [2.24, 2.45) is 0 Å². The topological polar surface area (TPSA) is 154 Å². The summed E-state index contributed by atoms with van der Waals surface area (Å²) in [6, 6.07) is 12.2. The molecule has 0 fully saturated rings. The summed E-state index contributed by atoms with van der Waals surface area (Å²) in [6.07, 6.45) is 1.33. The average Bonchev–Trinajstić information content (AvgIpc) is 3.20. The van der Waals surface area contributed by atoms with Gasteiger partial charge in [-0.1, -0.05) is 12.1 Å². The Morgan fingerprint density at radius 2 is 1.50 bits per heavy atom. The Kier molecular flexibility index (Phi) is 5.62. The van der Waals surface area contributed by atoms with Gasteiger partial charge < -0.3 is 16.8 Å². The molecule has 10 heteroatoms. The Bertz CT molecular complexity index is 1480. The highest BCUT2D eigenvalue weighted by Gasteiger charge is 2.38. The van der Waals surface area contributed by atoms with Crippen LogP contribution in [0.4, 0.5) is 11.4 Å². The number of aromatic nitrogens is 1. The fourth-order valence-electron chi connectivity index (χ4n) is 3.88. The molecular formula is C24H22N4O5S. The molecule has 1 amide bonds. The number of amides is 1. The standard InChI is InChI=1S/C24H22N4O5S/c1-13-19(11-27-14(2)29)23(30)24(31)21-20(15-3-5-16(25)6-4-15)12-28(22(13)21)34(32,33)18-9-7-17(26)8-10-18/h3-10,12H,11,25-26H2,1-2H3,(H,27,29). The van der Waals surface area contributed by atoms with E-state index in [2.05, 4.69) is 5.32 Å². The van der Waals surface area contributed by atoms with Gasteiger partial charge in [0.15, 0.2) is 0 Å². The van der Waals surface area contributed by atoms with Crippen LogP contribution in [0, 0.1) is 0 Å². The van der Waals surface area contributed by atoms with E-state index in [0.29, 0.717) is 16.9 Å². The SMILES string of the molecule is CC(=O)NCC1=C(C)c2c(c(-c3ccc(N)cc3)cn2S(=O)(=O)c2ccc(N)cc2)C(=O)C1=O. The zero-order chi connectivity index (χ0) is 24.8. The van der Waals surface area contributed by atoms with Gasteiger partial charge in [0.2, 0.25) is 17.5 Å². The number of Topliss-reactive ketones (excluding diaryl/α,β-unsaturated/α-hetero) is 2. The highest BCUT2D eigenvalue weighted by atomic mass is 32.2. The summed E-state index contributed by atoms with van der Waals surface area (Å²) in [5.74, 6) is -2.03. The third-order valence-electron chi connectivity index (χ3n) is 5.66. The van der Waals surface area contributed by atoms with Crippen LogP contribution in [0.3, 0.4) is 0 Å². The van der Waals surface area contributed by atoms with Gasteiger partial charge in [-0.25, -0.2) is 12.4 Å². The van der Waals surface area contributed by atoms with E-state index in [1.165, 1.54) is 37.4 Å². The predicted molar refractivity (Wildman–Crippen MR) is 128 cm³/mol. The minimum absolute atomic E-state index is 0.0159. The zero-order valence-electron chi connectivity index (χ0n) is 18.5. The lowest BCUT2D eigenvalue weighted by molar-refractivity contribution is -0.118. The number of rotatable bonds is 5. The number of nitrogens with zero attached hydrogens (tertiary/aromatic N) is 1. The van der Waals surface area contributed by atoms with Crippen LogP contribution >= 0.6 is 0 Å². The quantitative estimate of drug-likeness (QED) is 0.375. The second-order valence-corrected chi connectivity index (χ2v) is 9.74. The molecule has 4 rings (SSSR count). The molecular weight excluding hydrogens is 456 g/mol.